The van der Waals surface area contributed by atoms with Crippen LogP contribution in [-0.4, -0.2) is 53.0 Å². The van der Waals surface area contributed by atoms with Crippen LogP contribution >= 0.6 is 0 Å². The fraction of sp³-hybridized carbons (Fsp3) is 0.471. The van der Waals surface area contributed by atoms with E-state index in [1.54, 1.807) is 24.3 Å². The fourth-order valence-corrected chi connectivity index (χ4v) is 3.20. The van der Waals surface area contributed by atoms with E-state index in [1.807, 2.05) is 4.90 Å². The highest BCUT2D eigenvalue weighted by Gasteiger charge is 2.43. The first-order valence-electron chi connectivity index (χ1n) is 8.03. The molecule has 1 N–H and O–H groups in total. The summed E-state index contributed by atoms with van der Waals surface area (Å²) in [6.07, 6.45) is 1.07. The van der Waals surface area contributed by atoms with Crippen LogP contribution in [0.4, 0.5) is 5.69 Å². The summed E-state index contributed by atoms with van der Waals surface area (Å²) in [6, 6.07) is 5.84. The Hall–Kier alpha value is -2.25. The highest BCUT2D eigenvalue weighted by Crippen LogP contribution is 2.28. The van der Waals surface area contributed by atoms with Crippen LogP contribution in [0, 0.1) is 0 Å². The number of aliphatic hydroxyl groups is 1. The normalized spacial score (nSPS) is 22.9. The highest BCUT2D eigenvalue weighted by molar-refractivity contribution is 6.22. The lowest BCUT2D eigenvalue weighted by atomic mass is 10.1. The number of hydrogen-bond donors (Lipinski definition) is 1. The molecule has 0 saturated carbocycles. The van der Waals surface area contributed by atoms with Gasteiger partial charge >= 0.3 is 5.97 Å². The van der Waals surface area contributed by atoms with Crippen molar-refractivity contribution in [3.63, 3.8) is 0 Å². The lowest BCUT2D eigenvalue weighted by Gasteiger charge is -2.32. The average Bonchev–Trinajstić information content (AvgIpc) is 2.83. The molecule has 2 heterocycles. The number of likely N-dealkylation sites (tertiary alicyclic amines) is 1. The summed E-state index contributed by atoms with van der Waals surface area (Å²) in [5.74, 6) is -0.539. The number of esters is 1. The number of rotatable bonds is 3. The van der Waals surface area contributed by atoms with Gasteiger partial charge in [0.25, 0.3) is 5.91 Å². The number of anilines is 1. The number of piperidine rings is 1. The van der Waals surface area contributed by atoms with Gasteiger partial charge in [0, 0.05) is 20.0 Å². The quantitative estimate of drug-likeness (QED) is 0.498. The number of benzene rings is 1. The van der Waals surface area contributed by atoms with Gasteiger partial charge in [0.2, 0.25) is 5.91 Å². The zero-order valence-electron chi connectivity index (χ0n) is 13.5. The number of carbonyl (C=O) groups is 3. The van der Waals surface area contributed by atoms with Crippen LogP contribution in [0.25, 0.3) is 0 Å². The molecule has 1 atom stereocenters. The summed E-state index contributed by atoms with van der Waals surface area (Å²) >= 11 is 0. The first-order chi connectivity index (χ1) is 11.5. The highest BCUT2D eigenvalue weighted by atomic mass is 16.5. The Bertz CT molecular complexity index is 649. The molecule has 0 spiro atoms. The predicted octanol–water partition coefficient (Wildman–Crippen LogP) is 0.700. The summed E-state index contributed by atoms with van der Waals surface area (Å²) in [5, 5.41) is 9.58. The summed E-state index contributed by atoms with van der Waals surface area (Å²) in [5.41, 5.74) is 0.473. The van der Waals surface area contributed by atoms with Crippen LogP contribution in [0.3, 0.4) is 0 Å². The predicted molar refractivity (Wildman–Crippen MR) is 85.5 cm³/mol. The summed E-state index contributed by atoms with van der Waals surface area (Å²) in [6.45, 7) is 2.54. The summed E-state index contributed by atoms with van der Waals surface area (Å²) in [4.78, 5) is 39.1. The minimum atomic E-state index is -0.460. The Morgan fingerprint density at radius 1 is 1.17 bits per heavy atom. The van der Waals surface area contributed by atoms with Gasteiger partial charge in [0.05, 0.1) is 24.3 Å². The first-order valence-corrected chi connectivity index (χ1v) is 8.03. The minimum Gasteiger partial charge on any atom is -0.427 e. The van der Waals surface area contributed by atoms with E-state index in [1.165, 1.54) is 11.8 Å². The molecule has 1 unspecified atom stereocenters. The largest absolute Gasteiger partial charge is 0.427 e. The molecule has 0 bridgehead atoms. The molecule has 24 heavy (non-hydrogen) atoms. The van der Waals surface area contributed by atoms with E-state index in [4.69, 9.17) is 4.74 Å². The summed E-state index contributed by atoms with van der Waals surface area (Å²) in [7, 11) is 0. The second-order valence-corrected chi connectivity index (χ2v) is 6.14. The van der Waals surface area contributed by atoms with E-state index < -0.39 is 12.0 Å². The number of aliphatic hydroxyl groups excluding tert-OH is 1. The van der Waals surface area contributed by atoms with Crippen LogP contribution in [0.15, 0.2) is 24.3 Å². The van der Waals surface area contributed by atoms with Gasteiger partial charge in [-0.1, -0.05) is 0 Å². The van der Waals surface area contributed by atoms with E-state index in [-0.39, 0.29) is 24.3 Å². The van der Waals surface area contributed by atoms with Crippen molar-refractivity contribution in [3.8, 4) is 5.75 Å². The van der Waals surface area contributed by atoms with E-state index in [9.17, 15) is 19.5 Å². The maximum Gasteiger partial charge on any atom is 0.308 e. The van der Waals surface area contributed by atoms with E-state index in [2.05, 4.69) is 0 Å². The second kappa shape index (κ2) is 6.70. The van der Waals surface area contributed by atoms with Crippen molar-refractivity contribution in [2.45, 2.75) is 38.3 Å². The zero-order valence-corrected chi connectivity index (χ0v) is 13.5. The second-order valence-electron chi connectivity index (χ2n) is 6.14. The molecular weight excluding hydrogens is 312 g/mol. The number of ether oxygens (including phenoxy) is 1. The van der Waals surface area contributed by atoms with Gasteiger partial charge in [0.15, 0.2) is 0 Å². The standard InChI is InChI=1S/C17H20N2O5/c1-11(20)24-14-4-2-12(3-5-14)19-16(22)10-15(17(19)23)18-8-6-13(21)7-9-18/h2-5,13,15,21H,6-10H2,1H3. The van der Waals surface area contributed by atoms with Crippen molar-refractivity contribution in [2.75, 3.05) is 18.0 Å². The average molecular weight is 332 g/mol. The van der Waals surface area contributed by atoms with Crippen molar-refractivity contribution < 1.29 is 24.2 Å². The monoisotopic (exact) mass is 332 g/mol. The molecule has 2 saturated heterocycles. The molecule has 128 valence electrons. The van der Waals surface area contributed by atoms with E-state index >= 15 is 0 Å². The zero-order chi connectivity index (χ0) is 17.3. The van der Waals surface area contributed by atoms with Crippen molar-refractivity contribution in [1.29, 1.82) is 0 Å². The topological polar surface area (TPSA) is 87.2 Å². The van der Waals surface area contributed by atoms with Gasteiger partial charge in [-0.15, -0.1) is 0 Å². The lowest BCUT2D eigenvalue weighted by molar-refractivity contribution is -0.132. The smallest absolute Gasteiger partial charge is 0.308 e. The molecule has 2 aliphatic rings. The lowest BCUT2D eigenvalue weighted by Crippen LogP contribution is -2.46. The molecule has 0 radical (unpaired) electrons. The molecule has 0 aromatic heterocycles. The molecule has 7 heteroatoms. The van der Waals surface area contributed by atoms with Crippen LogP contribution < -0.4 is 9.64 Å². The Morgan fingerprint density at radius 3 is 2.38 bits per heavy atom. The molecule has 1 aromatic carbocycles. The number of imide groups is 1. The number of amides is 2. The van der Waals surface area contributed by atoms with Gasteiger partial charge in [-0.25, -0.2) is 4.90 Å². The molecular formula is C17H20N2O5. The maximum absolute atomic E-state index is 12.7. The van der Waals surface area contributed by atoms with Crippen molar-refractivity contribution in [2.24, 2.45) is 0 Å². The Kier molecular flexibility index (Phi) is 4.64. The SMILES string of the molecule is CC(=O)Oc1ccc(N2C(=O)CC(N3CCC(O)CC3)C2=O)cc1. The third kappa shape index (κ3) is 3.32. The van der Waals surface area contributed by atoms with Crippen molar-refractivity contribution in [1.82, 2.24) is 4.90 Å². The van der Waals surface area contributed by atoms with Gasteiger partial charge in [0.1, 0.15) is 5.75 Å². The van der Waals surface area contributed by atoms with Crippen molar-refractivity contribution in [3.05, 3.63) is 24.3 Å². The van der Waals surface area contributed by atoms with Crippen molar-refractivity contribution >= 4 is 23.5 Å². The maximum atomic E-state index is 12.7. The molecule has 1 aromatic rings. The van der Waals surface area contributed by atoms with E-state index in [0.717, 1.165) is 0 Å². The number of nitrogens with zero attached hydrogens (tertiary/aromatic N) is 2. The number of hydrogen-bond acceptors (Lipinski definition) is 6. The van der Waals surface area contributed by atoms with Gasteiger partial charge in [-0.3, -0.25) is 19.3 Å². The van der Waals surface area contributed by atoms with E-state index in [0.29, 0.717) is 37.4 Å². The van der Waals surface area contributed by atoms with Crippen LogP contribution in [0.2, 0.25) is 0 Å². The van der Waals surface area contributed by atoms with Gasteiger partial charge in [-0.2, -0.15) is 0 Å². The molecule has 7 nitrogen and oxygen atoms in total. The third-order valence-corrected chi connectivity index (χ3v) is 4.42. The number of carbonyl (C=O) groups excluding carboxylic acids is 3. The molecule has 2 fully saturated rings. The molecule has 2 aliphatic heterocycles. The Labute approximate surface area is 139 Å². The summed E-state index contributed by atoms with van der Waals surface area (Å²) < 4.78 is 4.95. The van der Waals surface area contributed by atoms with Gasteiger partial charge < -0.3 is 9.84 Å². The fourth-order valence-electron chi connectivity index (χ4n) is 3.20. The van der Waals surface area contributed by atoms with Crippen LogP contribution in [0.1, 0.15) is 26.2 Å². The molecule has 2 amide bonds. The third-order valence-electron chi connectivity index (χ3n) is 4.42. The first kappa shape index (κ1) is 16.6. The van der Waals surface area contributed by atoms with Crippen LogP contribution in [-0.2, 0) is 14.4 Å². The Morgan fingerprint density at radius 2 is 1.79 bits per heavy atom. The minimum absolute atomic E-state index is 0.153. The van der Waals surface area contributed by atoms with Gasteiger partial charge in [-0.05, 0) is 37.1 Å². The molecule has 0 aliphatic carbocycles. The van der Waals surface area contributed by atoms with Crippen LogP contribution in [0.5, 0.6) is 5.75 Å². The molecule has 3 rings (SSSR count). The Balaban J connectivity index is 1.73.